The van der Waals surface area contributed by atoms with Crippen LogP contribution in [0.5, 0.6) is 0 Å². The number of hydrogen-bond donors (Lipinski definition) is 2. The number of carbonyl (C=O) groups excluding carboxylic acids is 1. The highest BCUT2D eigenvalue weighted by atomic mass is 35.5. The average Bonchev–Trinajstić information content (AvgIpc) is 2.58. The van der Waals surface area contributed by atoms with Gasteiger partial charge < -0.3 is 15.4 Å². The lowest BCUT2D eigenvalue weighted by molar-refractivity contribution is -0.119. The van der Waals surface area contributed by atoms with Gasteiger partial charge in [-0.05, 0) is 6.92 Å². The molecule has 1 aliphatic heterocycles. The summed E-state index contributed by atoms with van der Waals surface area (Å²) in [7, 11) is 1.81. The van der Waals surface area contributed by atoms with Crippen molar-refractivity contribution in [2.45, 2.75) is 19.4 Å². The molecule has 18 heavy (non-hydrogen) atoms. The molecule has 2 N–H and O–H groups in total. The summed E-state index contributed by atoms with van der Waals surface area (Å²) < 4.78 is 7.14. The molecule has 1 saturated heterocycles. The second-order valence-corrected chi connectivity index (χ2v) is 4.24. The molecule has 1 aliphatic rings. The molecule has 6 nitrogen and oxygen atoms in total. The van der Waals surface area contributed by atoms with Crippen molar-refractivity contribution in [1.82, 2.24) is 15.1 Å². The van der Waals surface area contributed by atoms with E-state index in [0.29, 0.717) is 13.0 Å². The first-order valence-corrected chi connectivity index (χ1v) is 5.78. The van der Waals surface area contributed by atoms with Crippen LogP contribution in [0.2, 0.25) is 0 Å². The molecule has 1 fully saturated rings. The second kappa shape index (κ2) is 6.72. The minimum atomic E-state index is -0.0401. The van der Waals surface area contributed by atoms with E-state index in [1.54, 1.807) is 11.7 Å². The van der Waals surface area contributed by atoms with Crippen molar-refractivity contribution in [2.75, 3.05) is 25.0 Å². The molecule has 1 aromatic rings. The van der Waals surface area contributed by atoms with Crippen molar-refractivity contribution in [1.29, 1.82) is 0 Å². The Kier molecular flexibility index (Phi) is 5.58. The van der Waals surface area contributed by atoms with Gasteiger partial charge in [0.2, 0.25) is 5.91 Å². The van der Waals surface area contributed by atoms with Gasteiger partial charge in [-0.15, -0.1) is 12.4 Å². The number of amides is 1. The van der Waals surface area contributed by atoms with Gasteiger partial charge in [-0.25, -0.2) is 0 Å². The summed E-state index contributed by atoms with van der Waals surface area (Å²) in [6.45, 7) is 4.16. The van der Waals surface area contributed by atoms with Crippen molar-refractivity contribution in [3.05, 3.63) is 11.8 Å². The number of halogens is 1. The number of nitrogens with one attached hydrogen (secondary N) is 2. The molecule has 1 amide bonds. The maximum absolute atomic E-state index is 11.8. The maximum atomic E-state index is 11.8. The number of ether oxygens (including phenoxy) is 1. The number of hydrogen-bond acceptors (Lipinski definition) is 4. The molecular formula is C11H19ClN4O2. The summed E-state index contributed by atoms with van der Waals surface area (Å²) >= 11 is 0. The first-order chi connectivity index (χ1) is 8.15. The minimum absolute atomic E-state index is 0. The number of carbonyl (C=O) groups is 1. The molecule has 0 aliphatic carbocycles. The van der Waals surface area contributed by atoms with E-state index in [1.807, 2.05) is 13.0 Å². The molecule has 0 aromatic carbocycles. The highest BCUT2D eigenvalue weighted by molar-refractivity contribution is 5.90. The Morgan fingerprint density at radius 3 is 3.06 bits per heavy atom. The maximum Gasteiger partial charge on any atom is 0.228 e. The standard InChI is InChI=1S/C11H18N4O2.ClH/c1-8-5-10(15(2)14-8)13-11(16)6-9-7-12-3-4-17-9;/h5,9,12H,3-4,6-7H2,1-2H3,(H,13,16);1H. The van der Waals surface area contributed by atoms with Gasteiger partial charge >= 0.3 is 0 Å². The fourth-order valence-electron chi connectivity index (χ4n) is 1.88. The fourth-order valence-corrected chi connectivity index (χ4v) is 1.88. The van der Waals surface area contributed by atoms with Crippen molar-refractivity contribution >= 4 is 24.1 Å². The van der Waals surface area contributed by atoms with E-state index < -0.39 is 0 Å². The topological polar surface area (TPSA) is 68.2 Å². The highest BCUT2D eigenvalue weighted by Gasteiger charge is 2.18. The van der Waals surface area contributed by atoms with Crippen LogP contribution in [0.3, 0.4) is 0 Å². The van der Waals surface area contributed by atoms with Crippen LogP contribution in [0.1, 0.15) is 12.1 Å². The van der Waals surface area contributed by atoms with E-state index in [-0.39, 0.29) is 24.4 Å². The number of morpholine rings is 1. The van der Waals surface area contributed by atoms with E-state index in [1.165, 1.54) is 0 Å². The lowest BCUT2D eigenvalue weighted by Crippen LogP contribution is -2.40. The number of rotatable bonds is 3. The summed E-state index contributed by atoms with van der Waals surface area (Å²) in [6.07, 6.45) is 0.343. The predicted molar refractivity (Wildman–Crippen MR) is 71.0 cm³/mol. The second-order valence-electron chi connectivity index (χ2n) is 4.24. The third-order valence-corrected chi connectivity index (χ3v) is 2.69. The predicted octanol–water partition coefficient (Wildman–Crippen LogP) is 0.467. The Hall–Kier alpha value is -1.11. The lowest BCUT2D eigenvalue weighted by atomic mass is 10.2. The Bertz CT molecular complexity index is 402. The van der Waals surface area contributed by atoms with Gasteiger partial charge in [0.1, 0.15) is 5.82 Å². The summed E-state index contributed by atoms with van der Waals surface area (Å²) in [4.78, 5) is 11.8. The SMILES string of the molecule is Cc1cc(NC(=O)CC2CNCCO2)n(C)n1.Cl. The molecular weight excluding hydrogens is 256 g/mol. The van der Waals surface area contributed by atoms with Gasteiger partial charge in [0, 0.05) is 26.2 Å². The number of nitrogens with zero attached hydrogens (tertiary/aromatic N) is 2. The van der Waals surface area contributed by atoms with E-state index >= 15 is 0 Å². The van der Waals surface area contributed by atoms with Gasteiger partial charge in [0.25, 0.3) is 0 Å². The van der Waals surface area contributed by atoms with Crippen LogP contribution in [-0.4, -0.2) is 41.5 Å². The molecule has 1 unspecified atom stereocenters. The van der Waals surface area contributed by atoms with Crippen LogP contribution in [0.25, 0.3) is 0 Å². The van der Waals surface area contributed by atoms with Crippen molar-refractivity contribution in [3.63, 3.8) is 0 Å². The molecule has 0 saturated carbocycles. The van der Waals surface area contributed by atoms with Gasteiger partial charge in [0.15, 0.2) is 0 Å². The van der Waals surface area contributed by atoms with Crippen molar-refractivity contribution < 1.29 is 9.53 Å². The van der Waals surface area contributed by atoms with Gasteiger partial charge in [0.05, 0.1) is 24.8 Å². The van der Waals surface area contributed by atoms with Crippen LogP contribution >= 0.6 is 12.4 Å². The van der Waals surface area contributed by atoms with E-state index in [4.69, 9.17) is 4.74 Å². The quantitative estimate of drug-likeness (QED) is 0.841. The monoisotopic (exact) mass is 274 g/mol. The zero-order valence-corrected chi connectivity index (χ0v) is 11.4. The molecule has 2 rings (SSSR count). The molecule has 0 spiro atoms. The number of aryl methyl sites for hydroxylation is 2. The van der Waals surface area contributed by atoms with Crippen molar-refractivity contribution in [2.24, 2.45) is 7.05 Å². The van der Waals surface area contributed by atoms with Crippen LogP contribution in [0.4, 0.5) is 5.82 Å². The third kappa shape index (κ3) is 3.97. The minimum Gasteiger partial charge on any atom is -0.375 e. The van der Waals surface area contributed by atoms with Crippen LogP contribution in [-0.2, 0) is 16.6 Å². The van der Waals surface area contributed by atoms with E-state index in [0.717, 1.165) is 24.6 Å². The third-order valence-electron chi connectivity index (χ3n) is 2.69. The Labute approximate surface area is 112 Å². The lowest BCUT2D eigenvalue weighted by Gasteiger charge is -2.22. The molecule has 102 valence electrons. The van der Waals surface area contributed by atoms with Crippen LogP contribution in [0, 0.1) is 6.92 Å². The highest BCUT2D eigenvalue weighted by Crippen LogP contribution is 2.09. The van der Waals surface area contributed by atoms with Crippen LogP contribution in [0.15, 0.2) is 6.07 Å². The summed E-state index contributed by atoms with van der Waals surface area (Å²) in [5, 5.41) is 10.2. The molecule has 1 aromatic heterocycles. The first-order valence-electron chi connectivity index (χ1n) is 5.78. The zero-order chi connectivity index (χ0) is 12.3. The van der Waals surface area contributed by atoms with E-state index in [9.17, 15) is 4.79 Å². The average molecular weight is 275 g/mol. The van der Waals surface area contributed by atoms with Gasteiger partial charge in [-0.1, -0.05) is 0 Å². The first kappa shape index (κ1) is 14.9. The largest absolute Gasteiger partial charge is 0.375 e. The molecule has 7 heteroatoms. The Morgan fingerprint density at radius 2 is 2.50 bits per heavy atom. The Balaban J connectivity index is 0.00000162. The van der Waals surface area contributed by atoms with Gasteiger partial charge in [-0.3, -0.25) is 9.48 Å². The summed E-state index contributed by atoms with van der Waals surface area (Å²) in [5.74, 6) is 0.679. The smallest absolute Gasteiger partial charge is 0.228 e. The molecule has 1 atom stereocenters. The summed E-state index contributed by atoms with van der Waals surface area (Å²) in [6, 6.07) is 1.85. The fraction of sp³-hybridized carbons (Fsp3) is 0.636. The van der Waals surface area contributed by atoms with Crippen molar-refractivity contribution in [3.8, 4) is 0 Å². The van der Waals surface area contributed by atoms with Gasteiger partial charge in [-0.2, -0.15) is 5.10 Å². The number of aromatic nitrogens is 2. The summed E-state index contributed by atoms with van der Waals surface area (Å²) in [5.41, 5.74) is 0.887. The molecule has 0 bridgehead atoms. The van der Waals surface area contributed by atoms with Crippen LogP contribution < -0.4 is 10.6 Å². The normalized spacial score (nSPS) is 19.1. The van der Waals surface area contributed by atoms with E-state index in [2.05, 4.69) is 15.7 Å². The number of anilines is 1. The molecule has 0 radical (unpaired) electrons. The Morgan fingerprint density at radius 1 is 1.72 bits per heavy atom. The zero-order valence-electron chi connectivity index (χ0n) is 10.6. The molecule has 2 heterocycles.